The normalized spacial score (nSPS) is 10.2. The molecule has 1 aromatic heterocycles. The molecule has 0 fully saturated rings. The highest BCUT2D eigenvalue weighted by molar-refractivity contribution is 9.10. The van der Waals surface area contributed by atoms with E-state index in [0.29, 0.717) is 10.2 Å². The lowest BCUT2D eigenvalue weighted by Gasteiger charge is -2.08. The van der Waals surface area contributed by atoms with Gasteiger partial charge in [-0.05, 0) is 34.1 Å². The highest BCUT2D eigenvalue weighted by Gasteiger charge is 2.20. The molecule has 2 rings (SSSR count). The van der Waals surface area contributed by atoms with Crippen molar-refractivity contribution in [2.24, 2.45) is 0 Å². The van der Waals surface area contributed by atoms with Crippen molar-refractivity contribution in [2.75, 3.05) is 7.11 Å². The molecule has 0 radical (unpaired) electrons. The fourth-order valence-electron chi connectivity index (χ4n) is 1.58. The molecule has 0 unspecified atom stereocenters. The largest absolute Gasteiger partial charge is 0.507 e. The standard InChI is InChI=1S/C13H10BrNO4/c1-19-11-6-10(17)7(5-8(11)14)13(18)12-9(16)3-2-4-15-12/h2-6,16-17H,1H3. The summed E-state index contributed by atoms with van der Waals surface area (Å²) >= 11 is 3.23. The second-order valence-corrected chi connectivity index (χ2v) is 4.56. The summed E-state index contributed by atoms with van der Waals surface area (Å²) in [7, 11) is 1.45. The number of ketones is 1. The van der Waals surface area contributed by atoms with Crippen molar-refractivity contribution >= 4 is 21.7 Å². The Morgan fingerprint density at radius 2 is 2.05 bits per heavy atom. The second kappa shape index (κ2) is 5.27. The number of hydrogen-bond donors (Lipinski definition) is 2. The molecule has 2 N–H and O–H groups in total. The maximum absolute atomic E-state index is 12.2. The van der Waals surface area contributed by atoms with E-state index in [1.54, 1.807) is 0 Å². The van der Waals surface area contributed by atoms with Gasteiger partial charge >= 0.3 is 0 Å². The Bertz CT molecular complexity index is 643. The van der Waals surface area contributed by atoms with Crippen molar-refractivity contribution in [3.8, 4) is 17.2 Å². The van der Waals surface area contributed by atoms with Crippen LogP contribution < -0.4 is 4.74 Å². The summed E-state index contributed by atoms with van der Waals surface area (Å²) in [4.78, 5) is 16.0. The van der Waals surface area contributed by atoms with Crippen molar-refractivity contribution in [3.05, 3.63) is 46.2 Å². The zero-order chi connectivity index (χ0) is 14.0. The fourth-order valence-corrected chi connectivity index (χ4v) is 2.09. The molecule has 0 bridgehead atoms. The van der Waals surface area contributed by atoms with E-state index in [9.17, 15) is 15.0 Å². The van der Waals surface area contributed by atoms with E-state index in [1.807, 2.05) is 0 Å². The number of aromatic hydroxyl groups is 2. The summed E-state index contributed by atoms with van der Waals surface area (Å²) in [6.45, 7) is 0. The lowest BCUT2D eigenvalue weighted by atomic mass is 10.1. The van der Waals surface area contributed by atoms with Crippen LogP contribution in [0, 0.1) is 0 Å². The molecule has 0 aliphatic carbocycles. The Kier molecular flexibility index (Phi) is 3.71. The number of nitrogens with zero attached hydrogens (tertiary/aromatic N) is 1. The highest BCUT2D eigenvalue weighted by atomic mass is 79.9. The molecular formula is C13H10BrNO4. The zero-order valence-electron chi connectivity index (χ0n) is 9.92. The number of rotatable bonds is 3. The number of phenolic OH excluding ortho intramolecular Hbond substituents is 1. The van der Waals surface area contributed by atoms with Crippen molar-refractivity contribution in [1.29, 1.82) is 0 Å². The Hall–Kier alpha value is -2.08. The Balaban J connectivity index is 2.51. The van der Waals surface area contributed by atoms with Crippen molar-refractivity contribution in [1.82, 2.24) is 4.98 Å². The predicted molar refractivity (Wildman–Crippen MR) is 71.7 cm³/mol. The molecule has 1 heterocycles. The second-order valence-electron chi connectivity index (χ2n) is 3.70. The lowest BCUT2D eigenvalue weighted by Crippen LogP contribution is -2.05. The van der Waals surface area contributed by atoms with Crippen LogP contribution in [0.3, 0.4) is 0 Å². The molecule has 0 atom stereocenters. The molecular weight excluding hydrogens is 314 g/mol. The first-order valence-corrected chi connectivity index (χ1v) is 6.09. The van der Waals surface area contributed by atoms with Gasteiger partial charge in [-0.25, -0.2) is 4.98 Å². The molecule has 0 spiro atoms. The van der Waals surface area contributed by atoms with Crippen LogP contribution >= 0.6 is 15.9 Å². The first-order valence-electron chi connectivity index (χ1n) is 5.29. The quantitative estimate of drug-likeness (QED) is 0.848. The smallest absolute Gasteiger partial charge is 0.218 e. The van der Waals surface area contributed by atoms with Crippen molar-refractivity contribution < 1.29 is 19.7 Å². The summed E-state index contributed by atoms with van der Waals surface area (Å²) < 4.78 is 5.53. The summed E-state index contributed by atoms with van der Waals surface area (Å²) in [5.74, 6) is -0.646. The number of carbonyl (C=O) groups excluding carboxylic acids is 1. The molecule has 0 amide bonds. The van der Waals surface area contributed by atoms with E-state index < -0.39 is 5.78 Å². The highest BCUT2D eigenvalue weighted by Crippen LogP contribution is 2.33. The number of benzene rings is 1. The third kappa shape index (κ3) is 2.53. The van der Waals surface area contributed by atoms with Crippen LogP contribution in [0.5, 0.6) is 17.2 Å². The molecule has 2 aromatic rings. The lowest BCUT2D eigenvalue weighted by molar-refractivity contribution is 0.102. The number of hydrogen-bond acceptors (Lipinski definition) is 5. The van der Waals surface area contributed by atoms with Gasteiger partial charge in [-0.2, -0.15) is 0 Å². The van der Waals surface area contributed by atoms with Gasteiger partial charge in [0.25, 0.3) is 0 Å². The zero-order valence-corrected chi connectivity index (χ0v) is 11.5. The number of methoxy groups -OCH3 is 1. The molecule has 0 saturated heterocycles. The monoisotopic (exact) mass is 323 g/mol. The van der Waals surface area contributed by atoms with Crippen LogP contribution in [0.2, 0.25) is 0 Å². The Morgan fingerprint density at radius 1 is 1.32 bits per heavy atom. The van der Waals surface area contributed by atoms with Gasteiger partial charge in [0, 0.05) is 12.3 Å². The van der Waals surface area contributed by atoms with Crippen molar-refractivity contribution in [2.45, 2.75) is 0 Å². The number of phenols is 1. The molecule has 98 valence electrons. The molecule has 19 heavy (non-hydrogen) atoms. The topological polar surface area (TPSA) is 79.7 Å². The Labute approximate surface area is 117 Å². The van der Waals surface area contributed by atoms with E-state index in [1.165, 1.54) is 37.6 Å². The number of aromatic nitrogens is 1. The average molecular weight is 324 g/mol. The van der Waals surface area contributed by atoms with Gasteiger partial charge in [0.05, 0.1) is 17.1 Å². The van der Waals surface area contributed by atoms with Gasteiger partial charge in [-0.1, -0.05) is 0 Å². The molecule has 5 nitrogen and oxygen atoms in total. The molecule has 0 saturated carbocycles. The van der Waals surface area contributed by atoms with E-state index in [4.69, 9.17) is 4.74 Å². The average Bonchev–Trinajstić information content (AvgIpc) is 2.40. The van der Waals surface area contributed by atoms with E-state index >= 15 is 0 Å². The number of carbonyl (C=O) groups is 1. The van der Waals surface area contributed by atoms with Crippen molar-refractivity contribution in [3.63, 3.8) is 0 Å². The van der Waals surface area contributed by atoms with Crippen LogP contribution in [0.15, 0.2) is 34.9 Å². The van der Waals surface area contributed by atoms with Gasteiger partial charge < -0.3 is 14.9 Å². The summed E-state index contributed by atoms with van der Waals surface area (Å²) in [6.07, 6.45) is 1.39. The minimum absolute atomic E-state index is 0.0293. The first kappa shape index (κ1) is 13.4. The number of halogens is 1. The van der Waals surface area contributed by atoms with Crippen LogP contribution in [0.4, 0.5) is 0 Å². The third-order valence-corrected chi connectivity index (χ3v) is 3.14. The van der Waals surface area contributed by atoms with Crippen LogP contribution in [-0.4, -0.2) is 28.1 Å². The molecule has 6 heteroatoms. The third-order valence-electron chi connectivity index (χ3n) is 2.52. The first-order chi connectivity index (χ1) is 9.04. The van der Waals surface area contributed by atoms with Crippen LogP contribution in [0.25, 0.3) is 0 Å². The van der Waals surface area contributed by atoms with Gasteiger partial charge in [0.1, 0.15) is 17.2 Å². The predicted octanol–water partition coefficient (Wildman–Crippen LogP) is 2.49. The van der Waals surface area contributed by atoms with Gasteiger partial charge in [0.15, 0.2) is 5.69 Å². The van der Waals surface area contributed by atoms with E-state index in [0.717, 1.165) is 0 Å². The van der Waals surface area contributed by atoms with Gasteiger partial charge in [-0.3, -0.25) is 4.79 Å². The summed E-state index contributed by atoms with van der Waals surface area (Å²) in [5.41, 5.74) is -0.0865. The van der Waals surface area contributed by atoms with Gasteiger partial charge in [0.2, 0.25) is 5.78 Å². The molecule has 0 aliphatic heterocycles. The van der Waals surface area contributed by atoms with E-state index in [2.05, 4.69) is 20.9 Å². The Morgan fingerprint density at radius 3 is 2.68 bits per heavy atom. The van der Waals surface area contributed by atoms with Crippen LogP contribution in [0.1, 0.15) is 16.1 Å². The number of ether oxygens (including phenoxy) is 1. The summed E-state index contributed by atoms with van der Waals surface area (Å²) in [5, 5.41) is 19.4. The van der Waals surface area contributed by atoms with Crippen LogP contribution in [-0.2, 0) is 0 Å². The maximum atomic E-state index is 12.2. The SMILES string of the molecule is COc1cc(O)c(C(=O)c2ncccc2O)cc1Br. The van der Waals surface area contributed by atoms with Gasteiger partial charge in [-0.15, -0.1) is 0 Å². The molecule has 1 aromatic carbocycles. The maximum Gasteiger partial charge on any atom is 0.218 e. The summed E-state index contributed by atoms with van der Waals surface area (Å²) in [6, 6.07) is 5.60. The minimum Gasteiger partial charge on any atom is -0.507 e. The molecule has 0 aliphatic rings. The minimum atomic E-state index is -0.570. The van der Waals surface area contributed by atoms with E-state index in [-0.39, 0.29) is 22.8 Å². The fraction of sp³-hybridized carbons (Fsp3) is 0.0769. The number of pyridine rings is 1.